The lowest BCUT2D eigenvalue weighted by atomic mass is 10.2. The Kier molecular flexibility index (Phi) is 6.52. The maximum Gasteiger partial charge on any atom is 0.304 e. The van der Waals surface area contributed by atoms with Crippen LogP contribution in [0.3, 0.4) is 0 Å². The molecule has 1 aromatic rings. The molecule has 1 rings (SSSR count). The summed E-state index contributed by atoms with van der Waals surface area (Å²) in [5, 5.41) is 13.5. The van der Waals surface area contributed by atoms with Gasteiger partial charge in [0.05, 0.1) is 19.5 Å². The lowest BCUT2D eigenvalue weighted by Crippen LogP contribution is -2.41. The number of amides is 1. The highest BCUT2D eigenvalue weighted by molar-refractivity contribution is 7.09. The molecule has 1 heterocycles. The zero-order chi connectivity index (χ0) is 14.3. The maximum absolute atomic E-state index is 11.8. The first kappa shape index (κ1) is 15.7. The molecule has 0 aliphatic carbocycles. The first-order chi connectivity index (χ1) is 8.99. The van der Waals surface area contributed by atoms with E-state index in [2.05, 4.69) is 5.32 Å². The maximum atomic E-state index is 11.8. The van der Waals surface area contributed by atoms with Gasteiger partial charge in [0.1, 0.15) is 0 Å². The van der Waals surface area contributed by atoms with Crippen molar-refractivity contribution in [3.8, 4) is 0 Å². The van der Waals surface area contributed by atoms with Crippen LogP contribution in [0.2, 0.25) is 0 Å². The quantitative estimate of drug-likeness (QED) is 0.760. The van der Waals surface area contributed by atoms with E-state index in [1.54, 1.807) is 11.3 Å². The molecule has 0 aromatic carbocycles. The predicted molar refractivity (Wildman–Crippen MR) is 75.1 cm³/mol. The minimum Gasteiger partial charge on any atom is -0.481 e. The van der Waals surface area contributed by atoms with Crippen molar-refractivity contribution in [2.75, 3.05) is 13.1 Å². The van der Waals surface area contributed by atoms with Gasteiger partial charge >= 0.3 is 5.97 Å². The summed E-state index contributed by atoms with van der Waals surface area (Å²) in [4.78, 5) is 25.3. The van der Waals surface area contributed by atoms with Crippen molar-refractivity contribution in [2.24, 2.45) is 0 Å². The SMILES string of the molecule is CC(C)N(CCC(=O)O)CC(=O)NCc1cccs1. The highest BCUT2D eigenvalue weighted by Gasteiger charge is 2.15. The van der Waals surface area contributed by atoms with Crippen LogP contribution in [-0.4, -0.2) is 41.0 Å². The lowest BCUT2D eigenvalue weighted by molar-refractivity contribution is -0.138. The van der Waals surface area contributed by atoms with Crippen LogP contribution in [0, 0.1) is 0 Å². The van der Waals surface area contributed by atoms with Crippen molar-refractivity contribution in [3.63, 3.8) is 0 Å². The van der Waals surface area contributed by atoms with Crippen LogP contribution in [0.4, 0.5) is 0 Å². The molecular weight excluding hydrogens is 264 g/mol. The van der Waals surface area contributed by atoms with Crippen molar-refractivity contribution >= 4 is 23.2 Å². The van der Waals surface area contributed by atoms with Crippen molar-refractivity contribution in [3.05, 3.63) is 22.4 Å². The summed E-state index contributed by atoms with van der Waals surface area (Å²) in [5.74, 6) is -0.919. The van der Waals surface area contributed by atoms with Gasteiger partial charge in [-0.2, -0.15) is 0 Å². The Morgan fingerprint density at radius 2 is 2.21 bits per heavy atom. The van der Waals surface area contributed by atoms with E-state index in [4.69, 9.17) is 5.11 Å². The molecule has 106 valence electrons. The molecule has 1 aromatic heterocycles. The smallest absolute Gasteiger partial charge is 0.304 e. The molecule has 0 aliphatic rings. The Bertz CT molecular complexity index is 404. The standard InChI is InChI=1S/C13H20N2O3S/c1-10(2)15(6-5-13(17)18)9-12(16)14-8-11-4-3-7-19-11/h3-4,7,10H,5-6,8-9H2,1-2H3,(H,14,16)(H,17,18). The van der Waals surface area contributed by atoms with E-state index >= 15 is 0 Å². The second-order valence-electron chi connectivity index (χ2n) is 4.56. The molecule has 0 saturated carbocycles. The number of carbonyl (C=O) groups is 2. The van der Waals surface area contributed by atoms with E-state index in [0.29, 0.717) is 13.1 Å². The van der Waals surface area contributed by atoms with Gasteiger partial charge in [-0.15, -0.1) is 11.3 Å². The van der Waals surface area contributed by atoms with Gasteiger partial charge in [0.15, 0.2) is 0 Å². The fraction of sp³-hybridized carbons (Fsp3) is 0.538. The van der Waals surface area contributed by atoms with Gasteiger partial charge in [0.2, 0.25) is 5.91 Å². The summed E-state index contributed by atoms with van der Waals surface area (Å²) >= 11 is 1.60. The van der Waals surface area contributed by atoms with E-state index in [1.165, 1.54) is 0 Å². The first-order valence-electron chi connectivity index (χ1n) is 6.24. The van der Waals surface area contributed by atoms with Crippen LogP contribution in [0.1, 0.15) is 25.1 Å². The van der Waals surface area contributed by atoms with Crippen LogP contribution >= 0.6 is 11.3 Å². The molecule has 0 atom stereocenters. The zero-order valence-corrected chi connectivity index (χ0v) is 12.1. The number of carbonyl (C=O) groups excluding carboxylic acids is 1. The molecule has 6 heteroatoms. The van der Waals surface area contributed by atoms with Crippen molar-refractivity contribution in [2.45, 2.75) is 32.9 Å². The summed E-state index contributed by atoms with van der Waals surface area (Å²) in [6.45, 7) is 5.06. The van der Waals surface area contributed by atoms with Gasteiger partial charge in [-0.3, -0.25) is 14.5 Å². The van der Waals surface area contributed by atoms with Crippen LogP contribution in [0.25, 0.3) is 0 Å². The topological polar surface area (TPSA) is 69.6 Å². The van der Waals surface area contributed by atoms with Gasteiger partial charge in [0.25, 0.3) is 0 Å². The Morgan fingerprint density at radius 1 is 1.47 bits per heavy atom. The summed E-state index contributed by atoms with van der Waals surface area (Å²) in [5.41, 5.74) is 0. The normalized spacial score (nSPS) is 10.9. The molecule has 0 bridgehead atoms. The number of thiophene rings is 1. The number of hydrogen-bond acceptors (Lipinski definition) is 4. The molecular formula is C13H20N2O3S. The molecule has 0 saturated heterocycles. The van der Waals surface area contributed by atoms with E-state index in [9.17, 15) is 9.59 Å². The summed E-state index contributed by atoms with van der Waals surface area (Å²) < 4.78 is 0. The average molecular weight is 284 g/mol. The Hall–Kier alpha value is -1.40. The Balaban J connectivity index is 2.36. The van der Waals surface area contributed by atoms with Crippen LogP contribution < -0.4 is 5.32 Å². The highest BCUT2D eigenvalue weighted by Crippen LogP contribution is 2.07. The number of nitrogens with one attached hydrogen (secondary N) is 1. The zero-order valence-electron chi connectivity index (χ0n) is 11.3. The summed E-state index contributed by atoms with van der Waals surface area (Å²) in [6, 6.07) is 4.06. The largest absolute Gasteiger partial charge is 0.481 e. The van der Waals surface area contributed by atoms with Crippen molar-refractivity contribution in [1.82, 2.24) is 10.2 Å². The third-order valence-corrected chi connectivity index (χ3v) is 3.61. The van der Waals surface area contributed by atoms with Gasteiger partial charge in [-0.1, -0.05) is 6.07 Å². The monoisotopic (exact) mass is 284 g/mol. The molecule has 5 nitrogen and oxygen atoms in total. The fourth-order valence-corrected chi connectivity index (χ4v) is 2.24. The molecule has 0 spiro atoms. The van der Waals surface area contributed by atoms with E-state index in [1.807, 2.05) is 36.3 Å². The highest BCUT2D eigenvalue weighted by atomic mass is 32.1. The van der Waals surface area contributed by atoms with Gasteiger partial charge in [-0.05, 0) is 25.3 Å². The Labute approximate surface area is 117 Å². The lowest BCUT2D eigenvalue weighted by Gasteiger charge is -2.24. The molecule has 0 radical (unpaired) electrons. The third-order valence-electron chi connectivity index (χ3n) is 2.73. The van der Waals surface area contributed by atoms with Crippen molar-refractivity contribution < 1.29 is 14.7 Å². The Morgan fingerprint density at radius 3 is 2.74 bits per heavy atom. The van der Waals surface area contributed by atoms with Gasteiger partial charge in [0, 0.05) is 17.5 Å². The molecule has 19 heavy (non-hydrogen) atoms. The molecule has 1 amide bonds. The number of carboxylic acids is 1. The van der Waals surface area contributed by atoms with Crippen LogP contribution in [0.5, 0.6) is 0 Å². The average Bonchev–Trinajstić information content (AvgIpc) is 2.84. The van der Waals surface area contributed by atoms with Gasteiger partial charge in [-0.25, -0.2) is 0 Å². The minimum absolute atomic E-state index is 0.0520. The summed E-state index contributed by atoms with van der Waals surface area (Å²) in [6.07, 6.45) is 0.0520. The van der Waals surface area contributed by atoms with Crippen LogP contribution in [-0.2, 0) is 16.1 Å². The molecule has 0 fully saturated rings. The second-order valence-corrected chi connectivity index (χ2v) is 5.60. The van der Waals surface area contributed by atoms with E-state index in [-0.39, 0.29) is 24.9 Å². The van der Waals surface area contributed by atoms with Crippen LogP contribution in [0.15, 0.2) is 17.5 Å². The number of hydrogen-bond donors (Lipinski definition) is 2. The predicted octanol–water partition coefficient (Wildman–Crippen LogP) is 1.55. The van der Waals surface area contributed by atoms with Gasteiger partial charge < -0.3 is 10.4 Å². The molecule has 0 aliphatic heterocycles. The molecule has 0 unspecified atom stereocenters. The fourth-order valence-electron chi connectivity index (χ4n) is 1.60. The number of aliphatic carboxylic acids is 1. The third kappa shape index (κ3) is 6.35. The number of carboxylic acid groups (broad SMARTS) is 1. The number of rotatable bonds is 8. The summed E-state index contributed by atoms with van der Waals surface area (Å²) in [7, 11) is 0. The number of nitrogens with zero attached hydrogens (tertiary/aromatic N) is 1. The second kappa shape index (κ2) is 7.91. The van der Waals surface area contributed by atoms with Crippen molar-refractivity contribution in [1.29, 1.82) is 0 Å². The first-order valence-corrected chi connectivity index (χ1v) is 7.12. The van der Waals surface area contributed by atoms with E-state index in [0.717, 1.165) is 4.88 Å². The van der Waals surface area contributed by atoms with E-state index < -0.39 is 5.97 Å². The molecule has 2 N–H and O–H groups in total. The minimum atomic E-state index is -0.843.